The van der Waals surface area contributed by atoms with Crippen LogP contribution in [0.4, 0.5) is 4.39 Å². The van der Waals surface area contributed by atoms with Gasteiger partial charge in [-0.05, 0) is 18.1 Å². The first-order valence-corrected chi connectivity index (χ1v) is 6.91. The molecule has 0 unspecified atom stereocenters. The highest BCUT2D eigenvalue weighted by Gasteiger charge is 2.25. The largest absolute Gasteiger partial charge is 0.349 e. The van der Waals surface area contributed by atoms with Gasteiger partial charge >= 0.3 is 0 Å². The number of carbonyl (C=O) groups is 1. The van der Waals surface area contributed by atoms with Gasteiger partial charge in [0, 0.05) is 47.9 Å². The van der Waals surface area contributed by atoms with Crippen LogP contribution in [-0.2, 0) is 13.5 Å². The summed E-state index contributed by atoms with van der Waals surface area (Å²) in [6.45, 7) is 0. The summed E-state index contributed by atoms with van der Waals surface area (Å²) in [4.78, 5) is 15.8. The standard InChI is InChI=1S/C17H13FN2O/c1-20-9-14(10-6-7-19-8-15(10)20)13-3-2-11-12(17(13)18)4-5-16(11)21/h2-3,6-9H,4-5H2,1H3. The lowest BCUT2D eigenvalue weighted by molar-refractivity contribution is 0.0994. The average Bonchev–Trinajstić information content (AvgIpc) is 3.03. The number of benzene rings is 1. The zero-order valence-corrected chi connectivity index (χ0v) is 11.6. The number of carbonyl (C=O) groups excluding carboxylic acids is 1. The maximum Gasteiger partial charge on any atom is 0.163 e. The summed E-state index contributed by atoms with van der Waals surface area (Å²) in [5.41, 5.74) is 3.46. The summed E-state index contributed by atoms with van der Waals surface area (Å²) in [5.74, 6) is -0.222. The van der Waals surface area contributed by atoms with Crippen LogP contribution in [0.25, 0.3) is 22.0 Å². The van der Waals surface area contributed by atoms with E-state index in [-0.39, 0.29) is 11.6 Å². The Morgan fingerprint density at radius 1 is 1.14 bits per heavy atom. The average molecular weight is 280 g/mol. The minimum absolute atomic E-state index is 0.0394. The molecule has 2 heterocycles. The molecule has 104 valence electrons. The van der Waals surface area contributed by atoms with E-state index in [1.165, 1.54) is 0 Å². The highest BCUT2D eigenvalue weighted by Crippen LogP contribution is 2.35. The van der Waals surface area contributed by atoms with Crippen molar-refractivity contribution >= 4 is 16.7 Å². The normalized spacial score (nSPS) is 13.9. The van der Waals surface area contributed by atoms with E-state index in [4.69, 9.17) is 0 Å². The number of halogens is 1. The van der Waals surface area contributed by atoms with Crippen molar-refractivity contribution in [3.63, 3.8) is 0 Å². The molecule has 0 saturated carbocycles. The zero-order valence-electron chi connectivity index (χ0n) is 11.6. The van der Waals surface area contributed by atoms with E-state index < -0.39 is 0 Å². The maximum absolute atomic E-state index is 14.8. The van der Waals surface area contributed by atoms with E-state index in [0.717, 1.165) is 16.5 Å². The molecule has 0 bridgehead atoms. The Labute approximate surface area is 121 Å². The molecule has 3 aromatic rings. The van der Waals surface area contributed by atoms with E-state index >= 15 is 0 Å². The second-order valence-electron chi connectivity index (χ2n) is 5.42. The fourth-order valence-corrected chi connectivity index (χ4v) is 3.15. The zero-order chi connectivity index (χ0) is 14.6. The molecule has 1 aliphatic rings. The van der Waals surface area contributed by atoms with Crippen LogP contribution >= 0.6 is 0 Å². The first kappa shape index (κ1) is 12.3. The van der Waals surface area contributed by atoms with Gasteiger partial charge in [0.1, 0.15) is 5.82 Å². The quantitative estimate of drug-likeness (QED) is 0.683. The number of aryl methyl sites for hydroxylation is 1. The van der Waals surface area contributed by atoms with Crippen molar-refractivity contribution in [1.29, 1.82) is 0 Å². The molecule has 3 nitrogen and oxygen atoms in total. The molecule has 0 spiro atoms. The highest BCUT2D eigenvalue weighted by atomic mass is 19.1. The van der Waals surface area contributed by atoms with Gasteiger partial charge in [0.25, 0.3) is 0 Å². The van der Waals surface area contributed by atoms with Crippen molar-refractivity contribution in [2.24, 2.45) is 7.05 Å². The topological polar surface area (TPSA) is 34.9 Å². The van der Waals surface area contributed by atoms with E-state index in [1.807, 2.05) is 23.9 Å². The number of pyridine rings is 1. The van der Waals surface area contributed by atoms with Gasteiger partial charge in [-0.1, -0.05) is 12.1 Å². The van der Waals surface area contributed by atoms with Crippen molar-refractivity contribution in [2.45, 2.75) is 12.8 Å². The molecule has 0 amide bonds. The van der Waals surface area contributed by atoms with E-state index in [2.05, 4.69) is 4.98 Å². The molecule has 0 radical (unpaired) electrons. The number of nitrogens with zero attached hydrogens (tertiary/aromatic N) is 2. The van der Waals surface area contributed by atoms with Crippen molar-refractivity contribution in [3.8, 4) is 11.1 Å². The van der Waals surface area contributed by atoms with E-state index in [9.17, 15) is 9.18 Å². The van der Waals surface area contributed by atoms with E-state index in [0.29, 0.717) is 29.5 Å². The number of rotatable bonds is 1. The number of hydrogen-bond donors (Lipinski definition) is 0. The third kappa shape index (κ3) is 1.65. The second kappa shape index (κ2) is 4.25. The minimum Gasteiger partial charge on any atom is -0.349 e. The molecule has 0 aliphatic heterocycles. The summed E-state index contributed by atoms with van der Waals surface area (Å²) >= 11 is 0. The Morgan fingerprint density at radius 2 is 1.95 bits per heavy atom. The Hall–Kier alpha value is -2.49. The van der Waals surface area contributed by atoms with Crippen LogP contribution in [0.5, 0.6) is 0 Å². The number of aromatic nitrogens is 2. The summed E-state index contributed by atoms with van der Waals surface area (Å²) in [7, 11) is 1.92. The molecule has 0 saturated heterocycles. The van der Waals surface area contributed by atoms with Crippen LogP contribution in [0.1, 0.15) is 22.3 Å². The third-order valence-electron chi connectivity index (χ3n) is 4.23. The summed E-state index contributed by atoms with van der Waals surface area (Å²) < 4.78 is 16.7. The van der Waals surface area contributed by atoms with Crippen molar-refractivity contribution in [3.05, 3.63) is 53.7 Å². The molecule has 0 fully saturated rings. The van der Waals surface area contributed by atoms with Crippen LogP contribution in [0.15, 0.2) is 36.8 Å². The van der Waals surface area contributed by atoms with Crippen molar-refractivity contribution in [1.82, 2.24) is 9.55 Å². The Bertz CT molecular complexity index is 895. The Kier molecular flexibility index (Phi) is 2.48. The van der Waals surface area contributed by atoms with Gasteiger partial charge in [0.2, 0.25) is 0 Å². The monoisotopic (exact) mass is 280 g/mol. The molecule has 1 aromatic carbocycles. The highest BCUT2D eigenvalue weighted by molar-refractivity contribution is 6.02. The lowest BCUT2D eigenvalue weighted by Crippen LogP contribution is -1.95. The van der Waals surface area contributed by atoms with Crippen LogP contribution < -0.4 is 0 Å². The lowest BCUT2D eigenvalue weighted by atomic mass is 9.99. The predicted octanol–water partition coefficient (Wildman–Crippen LogP) is 3.51. The Morgan fingerprint density at radius 3 is 2.81 bits per heavy atom. The second-order valence-corrected chi connectivity index (χ2v) is 5.42. The first-order chi connectivity index (χ1) is 10.2. The van der Waals surface area contributed by atoms with Gasteiger partial charge in [-0.25, -0.2) is 4.39 Å². The summed E-state index contributed by atoms with van der Waals surface area (Å²) in [6.07, 6.45) is 6.30. The fourth-order valence-electron chi connectivity index (χ4n) is 3.15. The van der Waals surface area contributed by atoms with Crippen LogP contribution in [0, 0.1) is 5.82 Å². The van der Waals surface area contributed by atoms with Crippen LogP contribution in [0.2, 0.25) is 0 Å². The number of ketones is 1. The first-order valence-electron chi connectivity index (χ1n) is 6.91. The molecule has 4 heteroatoms. The van der Waals surface area contributed by atoms with Crippen LogP contribution in [0.3, 0.4) is 0 Å². The maximum atomic E-state index is 14.8. The molecular formula is C17H13FN2O. The SMILES string of the molecule is Cn1cc(-c2ccc3c(c2F)CCC3=O)c2ccncc21. The molecular weight excluding hydrogens is 267 g/mol. The van der Waals surface area contributed by atoms with Gasteiger partial charge in [-0.3, -0.25) is 9.78 Å². The smallest absolute Gasteiger partial charge is 0.163 e. The van der Waals surface area contributed by atoms with Crippen molar-refractivity contribution in [2.75, 3.05) is 0 Å². The van der Waals surface area contributed by atoms with Gasteiger partial charge in [-0.15, -0.1) is 0 Å². The molecule has 1 aliphatic carbocycles. The summed E-state index contributed by atoms with van der Waals surface area (Å²) in [6, 6.07) is 5.36. The van der Waals surface area contributed by atoms with Gasteiger partial charge < -0.3 is 4.57 Å². The molecule has 0 atom stereocenters. The number of hydrogen-bond acceptors (Lipinski definition) is 2. The summed E-state index contributed by atoms with van der Waals surface area (Å²) in [5, 5.41) is 0.968. The number of Topliss-reactive ketones (excluding diaryl/α,β-unsaturated/α-hetero) is 1. The van der Waals surface area contributed by atoms with E-state index in [1.54, 1.807) is 24.5 Å². The molecule has 4 rings (SSSR count). The number of fused-ring (bicyclic) bond motifs is 2. The fraction of sp³-hybridized carbons (Fsp3) is 0.176. The van der Waals surface area contributed by atoms with Crippen LogP contribution in [-0.4, -0.2) is 15.3 Å². The molecule has 0 N–H and O–H groups in total. The van der Waals surface area contributed by atoms with Crippen molar-refractivity contribution < 1.29 is 9.18 Å². The van der Waals surface area contributed by atoms with Gasteiger partial charge in [0.05, 0.1) is 11.7 Å². The minimum atomic E-state index is -0.261. The molecule has 2 aromatic heterocycles. The third-order valence-corrected chi connectivity index (χ3v) is 4.23. The van der Waals surface area contributed by atoms with Gasteiger partial charge in [-0.2, -0.15) is 0 Å². The molecule has 21 heavy (non-hydrogen) atoms. The lowest BCUT2D eigenvalue weighted by Gasteiger charge is -2.06. The van der Waals surface area contributed by atoms with Gasteiger partial charge in [0.15, 0.2) is 5.78 Å². The predicted molar refractivity (Wildman–Crippen MR) is 78.8 cm³/mol. The Balaban J connectivity index is 2.00.